The molecule has 1 saturated heterocycles. The topological polar surface area (TPSA) is 56.8 Å². The van der Waals surface area contributed by atoms with Gasteiger partial charge >= 0.3 is 0 Å². The van der Waals surface area contributed by atoms with Crippen molar-refractivity contribution in [3.05, 3.63) is 29.8 Å². The third kappa shape index (κ3) is 3.95. The van der Waals surface area contributed by atoms with Crippen molar-refractivity contribution in [2.75, 3.05) is 26.9 Å². The Labute approximate surface area is 119 Å². The molecule has 1 atom stereocenters. The minimum Gasteiger partial charge on any atom is -0.496 e. The van der Waals surface area contributed by atoms with Crippen LogP contribution in [0.1, 0.15) is 24.5 Å². The lowest BCUT2D eigenvalue weighted by atomic mass is 10.1. The molecule has 0 spiro atoms. The number of ether oxygens (including phenoxy) is 3. The molecule has 0 aliphatic carbocycles. The first-order valence-corrected chi connectivity index (χ1v) is 6.88. The third-order valence-electron chi connectivity index (χ3n) is 3.40. The molecular weight excluding hydrogens is 258 g/mol. The van der Waals surface area contributed by atoms with Gasteiger partial charge in [0.15, 0.2) is 0 Å². The summed E-state index contributed by atoms with van der Waals surface area (Å²) in [5, 5.41) is 2.70. The summed E-state index contributed by atoms with van der Waals surface area (Å²) in [6.07, 6.45) is 2.40. The zero-order valence-electron chi connectivity index (χ0n) is 11.7. The number of carbonyl (C=O) groups is 1. The molecule has 1 amide bonds. The van der Waals surface area contributed by atoms with Gasteiger partial charge in [0, 0.05) is 25.3 Å². The van der Waals surface area contributed by atoms with Gasteiger partial charge in [0.1, 0.15) is 11.9 Å². The summed E-state index contributed by atoms with van der Waals surface area (Å²) in [7, 11) is 1.64. The monoisotopic (exact) mass is 279 g/mol. The molecule has 1 fully saturated rings. The largest absolute Gasteiger partial charge is 0.496 e. The molecule has 5 nitrogen and oxygen atoms in total. The number of nitrogens with one attached hydrogen (secondary N) is 1. The number of rotatable bonds is 7. The summed E-state index contributed by atoms with van der Waals surface area (Å²) in [6.45, 7) is 1.88. The first-order chi connectivity index (χ1) is 9.85. The van der Waals surface area contributed by atoms with Crippen LogP contribution in [0.15, 0.2) is 24.3 Å². The molecule has 0 saturated carbocycles. The van der Waals surface area contributed by atoms with E-state index >= 15 is 0 Å². The van der Waals surface area contributed by atoms with Crippen LogP contribution in [-0.2, 0) is 14.3 Å². The lowest BCUT2D eigenvalue weighted by Gasteiger charge is -2.28. The highest BCUT2D eigenvalue weighted by Gasteiger charge is 2.22. The maximum absolute atomic E-state index is 10.6. The summed E-state index contributed by atoms with van der Waals surface area (Å²) in [6, 6.07) is 7.73. The van der Waals surface area contributed by atoms with E-state index in [2.05, 4.69) is 5.32 Å². The third-order valence-corrected chi connectivity index (χ3v) is 3.40. The number of hydrogen-bond donors (Lipinski definition) is 1. The van der Waals surface area contributed by atoms with Gasteiger partial charge in [-0.1, -0.05) is 18.2 Å². The van der Waals surface area contributed by atoms with Crippen molar-refractivity contribution in [3.8, 4) is 5.75 Å². The van der Waals surface area contributed by atoms with E-state index in [4.69, 9.17) is 14.2 Å². The fraction of sp³-hybridized carbons (Fsp3) is 0.533. The number of hydrogen-bond acceptors (Lipinski definition) is 4. The summed E-state index contributed by atoms with van der Waals surface area (Å²) >= 11 is 0. The van der Waals surface area contributed by atoms with Crippen LogP contribution >= 0.6 is 0 Å². The molecule has 1 aromatic rings. The molecule has 5 heteroatoms. The maximum atomic E-state index is 10.6. The van der Waals surface area contributed by atoms with E-state index in [0.29, 0.717) is 13.0 Å². The Morgan fingerprint density at radius 1 is 1.40 bits per heavy atom. The predicted molar refractivity (Wildman–Crippen MR) is 74.7 cm³/mol. The van der Waals surface area contributed by atoms with Crippen molar-refractivity contribution < 1.29 is 19.0 Å². The molecule has 110 valence electrons. The van der Waals surface area contributed by atoms with E-state index in [-0.39, 0.29) is 12.2 Å². The average Bonchev–Trinajstić information content (AvgIpc) is 2.52. The zero-order chi connectivity index (χ0) is 14.2. The van der Waals surface area contributed by atoms with Gasteiger partial charge in [-0.2, -0.15) is 0 Å². The fourth-order valence-corrected chi connectivity index (χ4v) is 2.36. The molecule has 20 heavy (non-hydrogen) atoms. The van der Waals surface area contributed by atoms with Crippen LogP contribution < -0.4 is 10.1 Å². The summed E-state index contributed by atoms with van der Waals surface area (Å²) in [4.78, 5) is 10.6. The molecule has 1 N–H and O–H groups in total. The molecule has 0 radical (unpaired) electrons. The summed E-state index contributed by atoms with van der Waals surface area (Å²) < 4.78 is 16.9. The first kappa shape index (κ1) is 14.8. The highest BCUT2D eigenvalue weighted by atomic mass is 16.5. The molecule has 1 heterocycles. The van der Waals surface area contributed by atoms with Gasteiger partial charge in [0.05, 0.1) is 13.2 Å². The van der Waals surface area contributed by atoms with Crippen LogP contribution in [-0.4, -0.2) is 39.4 Å². The van der Waals surface area contributed by atoms with Crippen LogP contribution in [0.4, 0.5) is 0 Å². The summed E-state index contributed by atoms with van der Waals surface area (Å²) in [5.41, 5.74) is 0.954. The number of amides is 1. The molecule has 1 aromatic carbocycles. The van der Waals surface area contributed by atoms with Crippen LogP contribution in [0.25, 0.3) is 0 Å². The lowest BCUT2D eigenvalue weighted by Crippen LogP contribution is -2.30. The van der Waals surface area contributed by atoms with Gasteiger partial charge in [-0.05, 0) is 18.9 Å². The normalized spacial score (nSPS) is 17.4. The Morgan fingerprint density at radius 2 is 2.15 bits per heavy atom. The lowest BCUT2D eigenvalue weighted by molar-refractivity contribution is -0.111. The zero-order valence-corrected chi connectivity index (χ0v) is 11.7. The Hall–Kier alpha value is -1.59. The van der Waals surface area contributed by atoms with Crippen molar-refractivity contribution in [2.24, 2.45) is 0 Å². The van der Waals surface area contributed by atoms with Crippen molar-refractivity contribution >= 4 is 6.41 Å². The number of benzene rings is 1. The van der Waals surface area contributed by atoms with Crippen molar-refractivity contribution in [2.45, 2.75) is 25.0 Å². The SMILES string of the molecule is COc1ccccc1C(CNC=O)OC1CCOCC1. The van der Waals surface area contributed by atoms with E-state index in [1.54, 1.807) is 7.11 Å². The molecular formula is C15H21NO4. The maximum Gasteiger partial charge on any atom is 0.207 e. The smallest absolute Gasteiger partial charge is 0.207 e. The van der Waals surface area contributed by atoms with Gasteiger partial charge in [-0.15, -0.1) is 0 Å². The second-order valence-corrected chi connectivity index (χ2v) is 4.70. The van der Waals surface area contributed by atoms with Gasteiger partial charge in [0.2, 0.25) is 6.41 Å². The van der Waals surface area contributed by atoms with Crippen LogP contribution in [0, 0.1) is 0 Å². The van der Waals surface area contributed by atoms with Crippen LogP contribution in [0.2, 0.25) is 0 Å². The van der Waals surface area contributed by atoms with Gasteiger partial charge in [-0.3, -0.25) is 4.79 Å². The molecule has 1 aliphatic heterocycles. The minimum absolute atomic E-state index is 0.159. The van der Waals surface area contributed by atoms with Gasteiger partial charge < -0.3 is 19.5 Å². The van der Waals surface area contributed by atoms with Crippen molar-refractivity contribution in [1.82, 2.24) is 5.32 Å². The van der Waals surface area contributed by atoms with E-state index in [1.165, 1.54) is 0 Å². The van der Waals surface area contributed by atoms with E-state index < -0.39 is 0 Å². The van der Waals surface area contributed by atoms with Crippen LogP contribution in [0.3, 0.4) is 0 Å². The summed E-state index contributed by atoms with van der Waals surface area (Å²) in [5.74, 6) is 0.775. The molecule has 1 aliphatic rings. The second kappa shape index (κ2) is 7.87. The highest BCUT2D eigenvalue weighted by Crippen LogP contribution is 2.29. The number of methoxy groups -OCH3 is 1. The molecule has 1 unspecified atom stereocenters. The second-order valence-electron chi connectivity index (χ2n) is 4.70. The molecule has 0 aromatic heterocycles. The Kier molecular flexibility index (Phi) is 5.83. The van der Waals surface area contributed by atoms with E-state index in [1.807, 2.05) is 24.3 Å². The Bertz CT molecular complexity index is 418. The highest BCUT2D eigenvalue weighted by molar-refractivity contribution is 5.46. The predicted octanol–water partition coefficient (Wildman–Crippen LogP) is 1.68. The molecule has 0 bridgehead atoms. The average molecular weight is 279 g/mol. The number of para-hydroxylation sites is 1. The number of carbonyl (C=O) groups excluding carboxylic acids is 1. The molecule has 2 rings (SSSR count). The van der Waals surface area contributed by atoms with E-state index in [9.17, 15) is 4.79 Å². The Balaban J connectivity index is 2.10. The Morgan fingerprint density at radius 3 is 2.85 bits per heavy atom. The quantitative estimate of drug-likeness (QED) is 0.772. The fourth-order valence-electron chi connectivity index (χ4n) is 2.36. The minimum atomic E-state index is -0.209. The van der Waals surface area contributed by atoms with Crippen molar-refractivity contribution in [1.29, 1.82) is 0 Å². The van der Waals surface area contributed by atoms with Gasteiger partial charge in [0.25, 0.3) is 0 Å². The first-order valence-electron chi connectivity index (χ1n) is 6.88. The standard InChI is InChI=1S/C15H21NO4/c1-18-14-5-3-2-4-13(14)15(10-16-11-17)20-12-6-8-19-9-7-12/h2-5,11-12,15H,6-10H2,1H3,(H,16,17). The van der Waals surface area contributed by atoms with Crippen LogP contribution in [0.5, 0.6) is 5.75 Å². The van der Waals surface area contributed by atoms with Gasteiger partial charge in [-0.25, -0.2) is 0 Å². The van der Waals surface area contributed by atoms with Crippen molar-refractivity contribution in [3.63, 3.8) is 0 Å². The van der Waals surface area contributed by atoms with E-state index in [0.717, 1.165) is 37.4 Å².